The summed E-state index contributed by atoms with van der Waals surface area (Å²) in [5, 5.41) is 20.2. The van der Waals surface area contributed by atoms with Crippen LogP contribution in [0.3, 0.4) is 0 Å². The number of piperidine rings is 4. The van der Waals surface area contributed by atoms with E-state index in [-0.39, 0.29) is 18.0 Å². The topological polar surface area (TPSA) is 166 Å². The number of nitrogens with zero attached hydrogens (tertiary/aromatic N) is 4. The number of carbonyl (C=O) groups is 4. The first kappa shape index (κ1) is 39.7. The second-order valence-corrected chi connectivity index (χ2v) is 13.4. The van der Waals surface area contributed by atoms with Crippen LogP contribution < -0.4 is 21.2 Å². The number of likely N-dealkylation sites (tertiary alicyclic amines) is 1. The second kappa shape index (κ2) is 16.0. The molecule has 1 unspecified atom stereocenters. The van der Waals surface area contributed by atoms with Crippen molar-refractivity contribution in [2.75, 3.05) is 50.7 Å². The molecule has 0 saturated carbocycles. The van der Waals surface area contributed by atoms with Gasteiger partial charge in [-0.3, -0.25) is 24.0 Å². The Balaban J connectivity index is 0.000000353. The number of carboxylic acids is 2. The van der Waals surface area contributed by atoms with Crippen LogP contribution in [0.2, 0.25) is 0 Å². The number of alkyl halides is 6. The number of anilines is 1. The van der Waals surface area contributed by atoms with E-state index in [1.807, 2.05) is 6.07 Å². The molecule has 13 nitrogen and oxygen atoms in total. The van der Waals surface area contributed by atoms with Crippen LogP contribution in [0, 0.1) is 11.3 Å². The van der Waals surface area contributed by atoms with Gasteiger partial charge in [0.05, 0.1) is 11.0 Å². The molecule has 4 aliphatic heterocycles. The van der Waals surface area contributed by atoms with Gasteiger partial charge in [0, 0.05) is 38.8 Å². The lowest BCUT2D eigenvalue weighted by atomic mass is 9.71. The molecule has 5 heterocycles. The maximum Gasteiger partial charge on any atom is 0.490 e. The van der Waals surface area contributed by atoms with Gasteiger partial charge >= 0.3 is 30.0 Å². The summed E-state index contributed by atoms with van der Waals surface area (Å²) < 4.78 is 66.7. The third-order valence-corrected chi connectivity index (χ3v) is 10.2. The fourth-order valence-corrected chi connectivity index (χ4v) is 7.18. The van der Waals surface area contributed by atoms with Crippen molar-refractivity contribution >= 4 is 40.5 Å². The number of rotatable bonds is 4. The molecule has 1 atom stereocenters. The highest BCUT2D eigenvalue weighted by molar-refractivity contribution is 6.00. The summed E-state index contributed by atoms with van der Waals surface area (Å²) in [5.41, 5.74) is 3.11. The molecule has 51 heavy (non-hydrogen) atoms. The molecule has 284 valence electrons. The lowest BCUT2D eigenvalue weighted by molar-refractivity contribution is -0.193. The molecular weight excluding hydrogens is 694 g/mol. The lowest BCUT2D eigenvalue weighted by Gasteiger charge is -2.45. The molecule has 1 aromatic heterocycles. The van der Waals surface area contributed by atoms with Gasteiger partial charge in [0.2, 0.25) is 11.8 Å². The Labute approximate surface area is 288 Å². The van der Waals surface area contributed by atoms with E-state index in [2.05, 4.69) is 32.6 Å². The number of imidazole rings is 1. The number of halogens is 6. The molecule has 19 heteroatoms. The number of aryl methyl sites for hydroxylation is 1. The molecule has 0 aliphatic carbocycles. The molecule has 2 amide bonds. The Morgan fingerprint density at radius 3 is 1.90 bits per heavy atom. The van der Waals surface area contributed by atoms with E-state index in [4.69, 9.17) is 19.8 Å². The first-order chi connectivity index (χ1) is 23.8. The molecule has 6 rings (SSSR count). The highest BCUT2D eigenvalue weighted by Crippen LogP contribution is 2.40. The largest absolute Gasteiger partial charge is 0.490 e. The van der Waals surface area contributed by atoms with Gasteiger partial charge in [0.1, 0.15) is 6.04 Å². The van der Waals surface area contributed by atoms with E-state index in [0.717, 1.165) is 35.7 Å². The number of fused-ring (bicyclic) bond motifs is 1. The molecule has 1 aromatic carbocycles. The van der Waals surface area contributed by atoms with E-state index in [0.29, 0.717) is 11.8 Å². The Hall–Kier alpha value is -4.13. The average Bonchev–Trinajstić information content (AvgIpc) is 3.31. The predicted octanol–water partition coefficient (Wildman–Crippen LogP) is 3.27. The van der Waals surface area contributed by atoms with E-state index >= 15 is 0 Å². The third-order valence-electron chi connectivity index (χ3n) is 10.2. The van der Waals surface area contributed by atoms with Crippen LogP contribution in [0.5, 0.6) is 0 Å². The van der Waals surface area contributed by atoms with Crippen molar-refractivity contribution in [1.29, 1.82) is 0 Å². The van der Waals surface area contributed by atoms with Gasteiger partial charge in [-0.15, -0.1) is 0 Å². The summed E-state index contributed by atoms with van der Waals surface area (Å²) in [6.45, 7) is 8.19. The maximum absolute atomic E-state index is 13.1. The highest BCUT2D eigenvalue weighted by Gasteiger charge is 2.39. The quantitative estimate of drug-likeness (QED) is 0.271. The zero-order chi connectivity index (χ0) is 37.7. The van der Waals surface area contributed by atoms with Gasteiger partial charge in [-0.05, 0) is 101 Å². The van der Waals surface area contributed by atoms with Crippen molar-refractivity contribution in [3.8, 4) is 0 Å². The summed E-state index contributed by atoms with van der Waals surface area (Å²) in [4.78, 5) is 60.1. The maximum atomic E-state index is 13.1. The van der Waals surface area contributed by atoms with Crippen LogP contribution in [0.1, 0.15) is 57.4 Å². The van der Waals surface area contributed by atoms with Gasteiger partial charge in [-0.2, -0.15) is 26.3 Å². The number of carboxylic acid groups (broad SMARTS) is 2. The highest BCUT2D eigenvalue weighted by atomic mass is 19.4. The van der Waals surface area contributed by atoms with Crippen LogP contribution in [-0.4, -0.2) is 106 Å². The number of benzene rings is 1. The molecule has 4 N–H and O–H groups in total. The van der Waals surface area contributed by atoms with Crippen LogP contribution in [-0.2, 0) is 26.2 Å². The average molecular weight is 737 g/mol. The van der Waals surface area contributed by atoms with E-state index in [9.17, 15) is 40.7 Å². The second-order valence-electron chi connectivity index (χ2n) is 13.4. The van der Waals surface area contributed by atoms with Crippen molar-refractivity contribution < 1.29 is 55.7 Å². The number of imide groups is 1. The Bertz CT molecular complexity index is 1610. The number of aromatic nitrogens is 2. The molecule has 0 bridgehead atoms. The summed E-state index contributed by atoms with van der Waals surface area (Å²) >= 11 is 0. The third kappa shape index (κ3) is 10.0. The number of hydrogen-bond acceptors (Lipinski definition) is 8. The number of aliphatic carboxylic acids is 2. The van der Waals surface area contributed by atoms with Crippen LogP contribution in [0.15, 0.2) is 23.0 Å². The first-order valence-electron chi connectivity index (χ1n) is 16.6. The molecule has 4 saturated heterocycles. The number of nitrogens with one attached hydrogen (secondary N) is 2. The monoisotopic (exact) mass is 736 g/mol. The fourth-order valence-electron chi connectivity index (χ4n) is 7.18. The van der Waals surface area contributed by atoms with E-state index in [1.54, 1.807) is 16.2 Å². The SMILES string of the molecule is Cn1c(=O)n(C2CCC(=O)NC2=O)c2ccc(N3CCC(CN4CCC5(CCNCC5)CC4)CC3)cc21.O=C(O)C(F)(F)F.O=C(O)C(F)(F)F. The minimum atomic E-state index is -5.08. The summed E-state index contributed by atoms with van der Waals surface area (Å²) in [6.07, 6.45) is -1.73. The number of carbonyl (C=O) groups excluding carboxylic acids is 2. The van der Waals surface area contributed by atoms with Gasteiger partial charge in [-0.1, -0.05) is 0 Å². The summed E-state index contributed by atoms with van der Waals surface area (Å²) in [6, 6.07) is 5.48. The van der Waals surface area contributed by atoms with Gasteiger partial charge in [-0.25, -0.2) is 14.4 Å². The van der Waals surface area contributed by atoms with Gasteiger partial charge < -0.3 is 25.3 Å². The van der Waals surface area contributed by atoms with E-state index < -0.39 is 36.2 Å². The zero-order valence-corrected chi connectivity index (χ0v) is 28.0. The minimum absolute atomic E-state index is 0.215. The van der Waals surface area contributed by atoms with Crippen LogP contribution in [0.4, 0.5) is 32.0 Å². The zero-order valence-electron chi connectivity index (χ0n) is 28.0. The standard InChI is InChI=1S/C28H40N6O3.2C2HF3O2/c1-31-24-18-21(2-3-22(24)34(27(31)37)23-4-5-25(35)30-26(23)36)33-14-6-20(7-15-33)19-32-16-10-28(11-17-32)8-12-29-13-9-28;2*3-2(4,5)1(6)7/h2-3,18,20,23,29H,4-17,19H2,1H3,(H,30,35,36);2*(H,6,7). The summed E-state index contributed by atoms with van der Waals surface area (Å²) in [5.74, 6) is -5.43. The fraction of sp³-hybridized carbons (Fsp3) is 0.656. The van der Waals surface area contributed by atoms with Crippen LogP contribution in [0.25, 0.3) is 11.0 Å². The normalized spacial score (nSPS) is 21.7. The summed E-state index contributed by atoms with van der Waals surface area (Å²) in [7, 11) is 1.76. The van der Waals surface area contributed by atoms with Crippen molar-refractivity contribution in [2.45, 2.75) is 69.8 Å². The minimum Gasteiger partial charge on any atom is -0.475 e. The molecule has 4 aliphatic rings. The van der Waals surface area contributed by atoms with Gasteiger partial charge in [0.25, 0.3) is 0 Å². The van der Waals surface area contributed by atoms with Crippen molar-refractivity contribution in [3.05, 3.63) is 28.7 Å². The molecular formula is C32H42F6N6O7. The van der Waals surface area contributed by atoms with Crippen molar-refractivity contribution in [1.82, 2.24) is 24.7 Å². The smallest absolute Gasteiger partial charge is 0.475 e. The number of hydrogen-bond donors (Lipinski definition) is 4. The van der Waals surface area contributed by atoms with Gasteiger partial charge in [0.15, 0.2) is 0 Å². The Morgan fingerprint density at radius 1 is 0.843 bits per heavy atom. The van der Waals surface area contributed by atoms with Crippen molar-refractivity contribution in [2.24, 2.45) is 18.4 Å². The van der Waals surface area contributed by atoms with E-state index in [1.165, 1.54) is 71.2 Å². The Morgan fingerprint density at radius 2 is 1.39 bits per heavy atom. The molecule has 2 aromatic rings. The lowest BCUT2D eigenvalue weighted by Crippen LogP contribution is -2.47. The predicted molar refractivity (Wildman–Crippen MR) is 171 cm³/mol. The molecule has 1 spiro atoms. The molecule has 0 radical (unpaired) electrons. The van der Waals surface area contributed by atoms with Crippen LogP contribution >= 0.6 is 0 Å². The molecule has 4 fully saturated rings. The number of amides is 2. The van der Waals surface area contributed by atoms with Crippen molar-refractivity contribution in [3.63, 3.8) is 0 Å². The Kier molecular flexibility index (Phi) is 12.5. The first-order valence-corrected chi connectivity index (χ1v) is 16.6.